The van der Waals surface area contributed by atoms with Crippen LogP contribution in [0.15, 0.2) is 69.1 Å². The lowest BCUT2D eigenvalue weighted by molar-refractivity contribution is 0.278. The van der Waals surface area contributed by atoms with Gasteiger partial charge in [0.05, 0.1) is 13.2 Å². The van der Waals surface area contributed by atoms with Gasteiger partial charge in [0, 0.05) is 17.0 Å². The first-order valence-corrected chi connectivity index (χ1v) is 10.4. The highest BCUT2D eigenvalue weighted by atomic mass is 32.2. The quantitative estimate of drug-likeness (QED) is 0.478. The van der Waals surface area contributed by atoms with E-state index in [1.165, 1.54) is 4.57 Å². The lowest BCUT2D eigenvalue weighted by Crippen LogP contribution is -2.31. The number of rotatable bonds is 6. The second-order valence-corrected chi connectivity index (χ2v) is 7.42. The number of H-pyrrole nitrogens is 1. The molecule has 0 aliphatic heterocycles. The second kappa shape index (κ2) is 8.10. The molecule has 0 aliphatic rings. The number of aliphatic hydroxyl groups is 1. The first kappa shape index (κ1) is 19.2. The van der Waals surface area contributed by atoms with Crippen LogP contribution in [0, 0.1) is 0 Å². The van der Waals surface area contributed by atoms with Gasteiger partial charge in [-0.25, -0.2) is 9.78 Å². The van der Waals surface area contributed by atoms with Gasteiger partial charge in [-0.05, 0) is 24.0 Å². The van der Waals surface area contributed by atoms with Crippen molar-refractivity contribution >= 4 is 22.9 Å². The molecule has 0 atom stereocenters. The molecule has 0 radical (unpaired) electrons. The Morgan fingerprint density at radius 1 is 1.03 bits per heavy atom. The average molecular weight is 408 g/mol. The first-order chi connectivity index (χ1) is 14.1. The third-order valence-corrected chi connectivity index (χ3v) is 5.48. The molecule has 0 aliphatic carbocycles. The Hall–Kier alpha value is -3.10. The maximum atomic E-state index is 12.6. The summed E-state index contributed by atoms with van der Waals surface area (Å²) in [5.41, 5.74) is 1.29. The Labute approximate surface area is 170 Å². The molecule has 2 heterocycles. The lowest BCUT2D eigenvalue weighted by atomic mass is 10.2. The molecule has 4 aromatic rings. The van der Waals surface area contributed by atoms with Crippen LogP contribution in [-0.2, 0) is 13.1 Å². The van der Waals surface area contributed by atoms with Gasteiger partial charge in [0.2, 0.25) is 0 Å². The smallest absolute Gasteiger partial charge is 0.330 e. The topological polar surface area (TPSA) is 92.9 Å². The number of nitrogens with one attached hydrogen (secondary N) is 1. The van der Waals surface area contributed by atoms with Gasteiger partial charge in [-0.2, -0.15) is 0 Å². The molecule has 0 spiro atoms. The number of hydrogen-bond donors (Lipinski definition) is 2. The van der Waals surface area contributed by atoms with Crippen molar-refractivity contribution in [2.45, 2.75) is 18.0 Å². The zero-order valence-corrected chi connectivity index (χ0v) is 16.6. The summed E-state index contributed by atoms with van der Waals surface area (Å²) >= 11 is 1.63. The minimum absolute atomic E-state index is 0.154. The molecular formula is C21H20N4O3S. The fourth-order valence-electron chi connectivity index (χ4n) is 3.36. The number of aromatic nitrogens is 4. The third kappa shape index (κ3) is 3.64. The number of aromatic amines is 1. The van der Waals surface area contributed by atoms with Crippen molar-refractivity contribution in [1.29, 1.82) is 0 Å². The number of thioether (sulfide) groups is 1. The summed E-state index contributed by atoms with van der Waals surface area (Å²) in [5, 5.41) is 9.57. The van der Waals surface area contributed by atoms with Gasteiger partial charge >= 0.3 is 5.69 Å². The van der Waals surface area contributed by atoms with Crippen LogP contribution >= 0.6 is 11.8 Å². The number of nitrogens with zero attached hydrogens (tertiary/aromatic N) is 3. The number of aliphatic hydroxyl groups excluding tert-OH is 1. The predicted molar refractivity (Wildman–Crippen MR) is 114 cm³/mol. The molecule has 0 saturated heterocycles. The van der Waals surface area contributed by atoms with Gasteiger partial charge < -0.3 is 9.67 Å². The van der Waals surface area contributed by atoms with E-state index in [1.54, 1.807) is 16.3 Å². The molecule has 148 valence electrons. The van der Waals surface area contributed by atoms with E-state index in [4.69, 9.17) is 0 Å². The van der Waals surface area contributed by atoms with Crippen molar-refractivity contribution in [2.75, 3.05) is 12.9 Å². The average Bonchev–Trinajstić information content (AvgIpc) is 3.12. The molecule has 7 nitrogen and oxygen atoms in total. The van der Waals surface area contributed by atoms with Crippen molar-refractivity contribution < 1.29 is 5.11 Å². The maximum absolute atomic E-state index is 12.6. The molecule has 2 N–H and O–H groups in total. The monoisotopic (exact) mass is 408 g/mol. The van der Waals surface area contributed by atoms with E-state index in [9.17, 15) is 14.7 Å². The van der Waals surface area contributed by atoms with E-state index in [-0.39, 0.29) is 25.2 Å². The maximum Gasteiger partial charge on any atom is 0.330 e. The van der Waals surface area contributed by atoms with Gasteiger partial charge in [0.1, 0.15) is 5.82 Å². The fourth-order valence-corrected chi connectivity index (χ4v) is 3.77. The Bertz CT molecular complexity index is 1260. The second-order valence-electron chi connectivity index (χ2n) is 6.54. The van der Waals surface area contributed by atoms with E-state index in [2.05, 4.69) is 9.97 Å². The molecule has 0 bridgehead atoms. The zero-order chi connectivity index (χ0) is 20.4. The minimum Gasteiger partial charge on any atom is -0.395 e. The minimum atomic E-state index is -0.512. The predicted octanol–water partition coefficient (Wildman–Crippen LogP) is 2.32. The summed E-state index contributed by atoms with van der Waals surface area (Å²) in [7, 11) is 0. The van der Waals surface area contributed by atoms with Crippen molar-refractivity contribution in [3.8, 4) is 11.4 Å². The molecule has 4 rings (SSSR count). The third-order valence-electron chi connectivity index (χ3n) is 4.74. The highest BCUT2D eigenvalue weighted by Gasteiger charge is 2.19. The van der Waals surface area contributed by atoms with Crippen molar-refractivity contribution in [1.82, 2.24) is 19.1 Å². The molecule has 0 saturated carbocycles. The molecule has 0 fully saturated rings. The van der Waals surface area contributed by atoms with Crippen LogP contribution in [-0.4, -0.2) is 37.1 Å². The highest BCUT2D eigenvalue weighted by Crippen LogP contribution is 2.25. The van der Waals surface area contributed by atoms with Crippen LogP contribution in [0.4, 0.5) is 0 Å². The van der Waals surface area contributed by atoms with E-state index < -0.39 is 11.2 Å². The lowest BCUT2D eigenvalue weighted by Gasteiger charge is -2.08. The SMILES string of the molecule is CSc1ccc(-c2nc3c(c(=O)[nH]c(=O)n3Cc3ccccc3)n2CCO)cc1. The molecule has 8 heteroatoms. The van der Waals surface area contributed by atoms with Crippen LogP contribution in [0.1, 0.15) is 5.56 Å². The van der Waals surface area contributed by atoms with Gasteiger partial charge in [0.25, 0.3) is 5.56 Å². The number of benzene rings is 2. The molecule has 2 aromatic heterocycles. The van der Waals surface area contributed by atoms with Crippen molar-refractivity contribution in [2.24, 2.45) is 0 Å². The Morgan fingerprint density at radius 3 is 2.41 bits per heavy atom. The number of imidazole rings is 1. The highest BCUT2D eigenvalue weighted by molar-refractivity contribution is 7.98. The van der Waals surface area contributed by atoms with E-state index >= 15 is 0 Å². The summed E-state index contributed by atoms with van der Waals surface area (Å²) in [4.78, 5) is 33.4. The standard InChI is InChI=1S/C21H20N4O3S/c1-29-16-9-7-15(8-10-16)18-22-19-17(24(18)11-12-26)20(27)23-21(28)25(19)13-14-5-3-2-4-6-14/h2-10,26H,11-13H2,1H3,(H,23,27,28). The Morgan fingerprint density at radius 2 is 1.76 bits per heavy atom. The summed E-state index contributed by atoms with van der Waals surface area (Å²) < 4.78 is 3.13. The largest absolute Gasteiger partial charge is 0.395 e. The Kier molecular flexibility index (Phi) is 5.37. The normalized spacial score (nSPS) is 11.2. The number of hydrogen-bond acceptors (Lipinski definition) is 5. The fraction of sp³-hybridized carbons (Fsp3) is 0.190. The van der Waals surface area contributed by atoms with Crippen molar-refractivity contribution in [3.63, 3.8) is 0 Å². The van der Waals surface area contributed by atoms with E-state index in [1.807, 2.05) is 60.9 Å². The molecule has 0 amide bonds. The molecule has 0 unspecified atom stereocenters. The number of fused-ring (bicyclic) bond motifs is 1. The molecular weight excluding hydrogens is 388 g/mol. The molecule has 2 aromatic carbocycles. The van der Waals surface area contributed by atoms with Crippen LogP contribution in [0.5, 0.6) is 0 Å². The summed E-state index contributed by atoms with van der Waals surface area (Å²) in [5.74, 6) is 0.541. The van der Waals surface area contributed by atoms with Crippen LogP contribution in [0.25, 0.3) is 22.6 Å². The van der Waals surface area contributed by atoms with E-state index in [0.717, 1.165) is 16.0 Å². The van der Waals surface area contributed by atoms with Crippen LogP contribution < -0.4 is 11.2 Å². The van der Waals surface area contributed by atoms with Gasteiger partial charge in [-0.1, -0.05) is 42.5 Å². The van der Waals surface area contributed by atoms with Crippen LogP contribution in [0.3, 0.4) is 0 Å². The van der Waals surface area contributed by atoms with Crippen molar-refractivity contribution in [3.05, 3.63) is 81.0 Å². The summed E-state index contributed by atoms with van der Waals surface area (Å²) in [6.45, 7) is 0.329. The summed E-state index contributed by atoms with van der Waals surface area (Å²) in [6, 6.07) is 17.3. The molecule has 29 heavy (non-hydrogen) atoms. The van der Waals surface area contributed by atoms with Gasteiger partial charge in [-0.3, -0.25) is 14.3 Å². The van der Waals surface area contributed by atoms with E-state index in [0.29, 0.717) is 11.5 Å². The zero-order valence-electron chi connectivity index (χ0n) is 15.8. The van der Waals surface area contributed by atoms with Gasteiger partial charge in [0.15, 0.2) is 11.2 Å². The first-order valence-electron chi connectivity index (χ1n) is 9.15. The van der Waals surface area contributed by atoms with Gasteiger partial charge in [-0.15, -0.1) is 11.8 Å². The van der Waals surface area contributed by atoms with Crippen LogP contribution in [0.2, 0.25) is 0 Å². The summed E-state index contributed by atoms with van der Waals surface area (Å²) in [6.07, 6.45) is 2.00. The Balaban J connectivity index is 1.96.